The SMILES string of the molecule is COc1ccc2nccc([C@@H](O)CC[C@@H]3CCN(C4CC(c5ccc(Br)cc5F)C4)C[C@@H]3C(=O)O)c2c1. The Morgan fingerprint density at radius 2 is 2.05 bits per heavy atom. The second-order valence-electron chi connectivity index (χ2n) is 10.4. The van der Waals surface area contributed by atoms with Crippen LogP contribution in [0.15, 0.2) is 53.1 Å². The maximum absolute atomic E-state index is 14.4. The third-order valence-corrected chi connectivity index (χ3v) is 8.78. The molecule has 6 nitrogen and oxygen atoms in total. The fourth-order valence-corrected chi connectivity index (χ4v) is 6.38. The molecule has 0 unspecified atom stereocenters. The zero-order valence-corrected chi connectivity index (χ0v) is 22.4. The second-order valence-corrected chi connectivity index (χ2v) is 11.3. The van der Waals surface area contributed by atoms with E-state index < -0.39 is 18.0 Å². The van der Waals surface area contributed by atoms with Gasteiger partial charge in [0.15, 0.2) is 0 Å². The molecule has 0 radical (unpaired) electrons. The Kier molecular flexibility index (Phi) is 7.79. The van der Waals surface area contributed by atoms with Gasteiger partial charge >= 0.3 is 5.97 Å². The maximum atomic E-state index is 14.4. The summed E-state index contributed by atoms with van der Waals surface area (Å²) in [7, 11) is 1.61. The molecular formula is C29H32BrFN2O4. The van der Waals surface area contributed by atoms with Crippen molar-refractivity contribution in [3.05, 3.63) is 70.1 Å². The number of aromatic nitrogens is 1. The summed E-state index contributed by atoms with van der Waals surface area (Å²) in [6.45, 7) is 1.34. The second kappa shape index (κ2) is 11.1. The van der Waals surface area contributed by atoms with Crippen molar-refractivity contribution in [2.75, 3.05) is 20.2 Å². The van der Waals surface area contributed by atoms with Crippen LogP contribution in [-0.4, -0.2) is 52.3 Å². The summed E-state index contributed by atoms with van der Waals surface area (Å²) in [6.07, 6.45) is 4.59. The molecule has 1 saturated heterocycles. The fraction of sp³-hybridized carbons (Fsp3) is 0.448. The summed E-state index contributed by atoms with van der Waals surface area (Å²) in [6, 6.07) is 12.9. The first-order valence-electron chi connectivity index (χ1n) is 12.9. The smallest absolute Gasteiger partial charge is 0.308 e. The van der Waals surface area contributed by atoms with Crippen LogP contribution in [0.1, 0.15) is 55.3 Å². The van der Waals surface area contributed by atoms with Crippen LogP contribution in [0.2, 0.25) is 0 Å². The van der Waals surface area contributed by atoms with Gasteiger partial charge < -0.3 is 14.9 Å². The molecule has 0 spiro atoms. The quantitative estimate of drug-likeness (QED) is 0.349. The van der Waals surface area contributed by atoms with Crippen LogP contribution in [0.4, 0.5) is 4.39 Å². The number of hydrogen-bond acceptors (Lipinski definition) is 5. The summed E-state index contributed by atoms with van der Waals surface area (Å²) in [5.74, 6) is -0.544. The van der Waals surface area contributed by atoms with Gasteiger partial charge in [0.25, 0.3) is 0 Å². The van der Waals surface area contributed by atoms with Gasteiger partial charge in [0, 0.05) is 28.6 Å². The van der Waals surface area contributed by atoms with Crippen LogP contribution < -0.4 is 4.74 Å². The molecule has 3 atom stereocenters. The number of likely N-dealkylation sites (tertiary alicyclic amines) is 1. The van der Waals surface area contributed by atoms with Gasteiger partial charge in [-0.15, -0.1) is 0 Å². The molecule has 0 amide bonds. The summed E-state index contributed by atoms with van der Waals surface area (Å²) >= 11 is 3.31. The number of hydrogen-bond donors (Lipinski definition) is 2. The molecule has 2 heterocycles. The average Bonchev–Trinajstić information content (AvgIpc) is 2.87. The summed E-state index contributed by atoms with van der Waals surface area (Å²) in [5, 5.41) is 21.9. The number of carboxylic acids is 1. The van der Waals surface area contributed by atoms with Gasteiger partial charge in [0.05, 0.1) is 24.6 Å². The highest BCUT2D eigenvalue weighted by molar-refractivity contribution is 9.10. The van der Waals surface area contributed by atoms with E-state index in [1.807, 2.05) is 36.4 Å². The van der Waals surface area contributed by atoms with E-state index in [4.69, 9.17) is 4.74 Å². The lowest BCUT2D eigenvalue weighted by Crippen LogP contribution is -2.52. The molecule has 1 aliphatic heterocycles. The van der Waals surface area contributed by atoms with Crippen molar-refractivity contribution < 1.29 is 24.1 Å². The van der Waals surface area contributed by atoms with Gasteiger partial charge in [-0.25, -0.2) is 4.39 Å². The average molecular weight is 571 g/mol. The number of halogens is 2. The van der Waals surface area contributed by atoms with Gasteiger partial charge in [0.1, 0.15) is 11.6 Å². The number of nitrogens with zero attached hydrogens (tertiary/aromatic N) is 2. The van der Waals surface area contributed by atoms with Crippen molar-refractivity contribution >= 4 is 32.8 Å². The molecule has 2 aliphatic rings. The van der Waals surface area contributed by atoms with Crippen LogP contribution in [0.5, 0.6) is 5.75 Å². The van der Waals surface area contributed by atoms with E-state index in [1.54, 1.807) is 13.3 Å². The number of benzene rings is 2. The topological polar surface area (TPSA) is 82.9 Å². The number of rotatable bonds is 8. The van der Waals surface area contributed by atoms with E-state index in [-0.39, 0.29) is 17.7 Å². The van der Waals surface area contributed by atoms with Crippen LogP contribution in [-0.2, 0) is 4.79 Å². The predicted molar refractivity (Wildman–Crippen MR) is 143 cm³/mol. The summed E-state index contributed by atoms with van der Waals surface area (Å²) < 4.78 is 20.4. The van der Waals surface area contributed by atoms with E-state index in [9.17, 15) is 19.4 Å². The number of aliphatic carboxylic acids is 1. The first kappa shape index (κ1) is 26.1. The number of aliphatic hydroxyl groups excluding tert-OH is 1. The zero-order valence-electron chi connectivity index (χ0n) is 20.8. The Morgan fingerprint density at radius 1 is 1.24 bits per heavy atom. The van der Waals surface area contributed by atoms with E-state index in [2.05, 4.69) is 25.8 Å². The standard InChI is InChI=1S/C29H32BrFN2O4/c1-37-21-4-6-27-24(15-21)23(8-10-32-27)28(34)7-2-17-9-11-33(16-25(17)29(35)36)20-12-18(13-20)22-5-3-19(30)14-26(22)31/h3-6,8,10,14-15,17-18,20,25,28,34H,2,7,9,11-13,16H2,1H3,(H,35,36)/t17-,18?,20?,25+,28+/m1/s1. The van der Waals surface area contributed by atoms with Crippen molar-refractivity contribution in [1.82, 2.24) is 9.88 Å². The van der Waals surface area contributed by atoms with Crippen molar-refractivity contribution in [2.24, 2.45) is 11.8 Å². The van der Waals surface area contributed by atoms with Gasteiger partial charge in [-0.2, -0.15) is 0 Å². The lowest BCUT2D eigenvalue weighted by atomic mass is 9.73. The van der Waals surface area contributed by atoms with Crippen molar-refractivity contribution in [3.63, 3.8) is 0 Å². The molecular weight excluding hydrogens is 539 g/mol. The van der Waals surface area contributed by atoms with Gasteiger partial charge in [-0.3, -0.25) is 14.7 Å². The van der Waals surface area contributed by atoms with Crippen molar-refractivity contribution in [3.8, 4) is 5.75 Å². The minimum atomic E-state index is -0.780. The Balaban J connectivity index is 1.19. The third-order valence-electron chi connectivity index (χ3n) is 8.29. The number of methoxy groups -OCH3 is 1. The molecule has 2 fully saturated rings. The van der Waals surface area contributed by atoms with E-state index in [0.29, 0.717) is 31.2 Å². The normalized spacial score (nSPS) is 25.0. The summed E-state index contributed by atoms with van der Waals surface area (Å²) in [4.78, 5) is 18.9. The first-order valence-corrected chi connectivity index (χ1v) is 13.7. The van der Waals surface area contributed by atoms with Crippen molar-refractivity contribution in [2.45, 2.75) is 50.2 Å². The highest BCUT2D eigenvalue weighted by Crippen LogP contribution is 2.43. The number of fused-ring (bicyclic) bond motifs is 1. The third kappa shape index (κ3) is 5.52. The Morgan fingerprint density at radius 3 is 2.78 bits per heavy atom. The molecule has 1 aliphatic carbocycles. The van der Waals surface area contributed by atoms with E-state index >= 15 is 0 Å². The Labute approximate surface area is 224 Å². The number of aliphatic hydroxyl groups is 1. The van der Waals surface area contributed by atoms with E-state index in [0.717, 1.165) is 52.3 Å². The number of carbonyl (C=O) groups is 1. The zero-order chi connectivity index (χ0) is 26.1. The number of pyridine rings is 1. The largest absolute Gasteiger partial charge is 0.497 e. The Bertz CT molecular complexity index is 1280. The molecule has 0 bridgehead atoms. The molecule has 1 saturated carbocycles. The molecule has 1 aromatic heterocycles. The number of carboxylic acid groups (broad SMARTS) is 1. The highest BCUT2D eigenvalue weighted by atomic mass is 79.9. The minimum absolute atomic E-state index is 0.00540. The van der Waals surface area contributed by atoms with Gasteiger partial charge in [-0.05, 0) is 98.0 Å². The van der Waals surface area contributed by atoms with Crippen LogP contribution >= 0.6 is 15.9 Å². The molecule has 3 aromatic rings. The van der Waals surface area contributed by atoms with Crippen LogP contribution in [0.3, 0.4) is 0 Å². The monoisotopic (exact) mass is 570 g/mol. The predicted octanol–water partition coefficient (Wildman–Crippen LogP) is 5.93. The number of piperidine rings is 1. The Hall–Kier alpha value is -2.55. The molecule has 196 valence electrons. The van der Waals surface area contributed by atoms with Crippen LogP contribution in [0, 0.1) is 17.7 Å². The van der Waals surface area contributed by atoms with Gasteiger partial charge in [-0.1, -0.05) is 22.0 Å². The molecule has 2 N–H and O–H groups in total. The first-order chi connectivity index (χ1) is 17.8. The maximum Gasteiger partial charge on any atom is 0.308 e. The van der Waals surface area contributed by atoms with Crippen molar-refractivity contribution in [1.29, 1.82) is 0 Å². The van der Waals surface area contributed by atoms with E-state index in [1.165, 1.54) is 6.07 Å². The highest BCUT2D eigenvalue weighted by Gasteiger charge is 2.41. The number of ether oxygens (including phenoxy) is 1. The lowest BCUT2D eigenvalue weighted by Gasteiger charge is -2.47. The minimum Gasteiger partial charge on any atom is -0.497 e. The summed E-state index contributed by atoms with van der Waals surface area (Å²) in [5.41, 5.74) is 2.32. The lowest BCUT2D eigenvalue weighted by molar-refractivity contribution is -0.147. The van der Waals surface area contributed by atoms with Gasteiger partial charge in [0.2, 0.25) is 0 Å². The molecule has 2 aromatic carbocycles. The van der Waals surface area contributed by atoms with Crippen LogP contribution in [0.25, 0.3) is 10.9 Å². The molecule has 8 heteroatoms. The fourth-order valence-electron chi connectivity index (χ4n) is 6.05. The molecule has 5 rings (SSSR count). The molecule has 37 heavy (non-hydrogen) atoms.